The molecule has 9 heteroatoms. The van der Waals surface area contributed by atoms with Crippen LogP contribution in [0, 0.1) is 11.3 Å². The normalized spacial score (nSPS) is 14.3. The first-order valence-electron chi connectivity index (χ1n) is 12.0. The molecule has 8 nitrogen and oxygen atoms in total. The van der Waals surface area contributed by atoms with Crippen molar-refractivity contribution in [2.75, 3.05) is 11.9 Å². The molecule has 2 N–H and O–H groups in total. The summed E-state index contributed by atoms with van der Waals surface area (Å²) < 4.78 is 11.2. The van der Waals surface area contributed by atoms with Crippen molar-refractivity contribution in [3.63, 3.8) is 0 Å². The van der Waals surface area contributed by atoms with Gasteiger partial charge in [-0.2, -0.15) is 5.26 Å². The Morgan fingerprint density at radius 1 is 1.22 bits per heavy atom. The Labute approximate surface area is 214 Å². The molecule has 3 aromatic rings. The van der Waals surface area contributed by atoms with E-state index in [1.165, 1.54) is 11.3 Å². The second kappa shape index (κ2) is 12.2. The van der Waals surface area contributed by atoms with Crippen LogP contribution in [0.3, 0.4) is 0 Å². The van der Waals surface area contributed by atoms with Crippen LogP contribution >= 0.6 is 11.3 Å². The number of amides is 2. The minimum Gasteiger partial charge on any atom is -0.494 e. The molecule has 1 aliphatic carbocycles. The van der Waals surface area contributed by atoms with Crippen LogP contribution in [-0.4, -0.2) is 29.7 Å². The van der Waals surface area contributed by atoms with E-state index >= 15 is 0 Å². The lowest BCUT2D eigenvalue weighted by atomic mass is 9.94. The summed E-state index contributed by atoms with van der Waals surface area (Å²) in [4.78, 5) is 30.1. The molecule has 1 aromatic carbocycles. The van der Waals surface area contributed by atoms with Gasteiger partial charge in [0, 0.05) is 23.9 Å². The molecule has 0 radical (unpaired) electrons. The first-order valence-corrected chi connectivity index (χ1v) is 12.8. The second-order valence-electron chi connectivity index (χ2n) is 8.35. The van der Waals surface area contributed by atoms with Crippen molar-refractivity contribution in [2.24, 2.45) is 0 Å². The molecule has 0 bridgehead atoms. The van der Waals surface area contributed by atoms with Crippen LogP contribution in [0.15, 0.2) is 48.7 Å². The molecule has 1 atom stereocenters. The monoisotopic (exact) mass is 504 g/mol. The molecule has 1 aliphatic rings. The van der Waals surface area contributed by atoms with Crippen molar-refractivity contribution in [1.29, 1.82) is 5.26 Å². The lowest BCUT2D eigenvalue weighted by Crippen LogP contribution is -2.31. The van der Waals surface area contributed by atoms with Crippen LogP contribution in [0.5, 0.6) is 5.75 Å². The number of hydrogen-bond donors (Lipinski definition) is 2. The molecule has 0 aliphatic heterocycles. The van der Waals surface area contributed by atoms with E-state index in [1.54, 1.807) is 6.20 Å². The van der Waals surface area contributed by atoms with Crippen molar-refractivity contribution in [3.05, 3.63) is 75.9 Å². The van der Waals surface area contributed by atoms with Crippen LogP contribution in [0.4, 0.5) is 9.80 Å². The maximum Gasteiger partial charge on any atom is 0.407 e. The van der Waals surface area contributed by atoms with Crippen LogP contribution in [0.2, 0.25) is 0 Å². The number of para-hydroxylation sites is 1. The summed E-state index contributed by atoms with van der Waals surface area (Å²) in [5.41, 5.74) is 3.17. The van der Waals surface area contributed by atoms with Gasteiger partial charge in [0.05, 0.1) is 24.4 Å². The van der Waals surface area contributed by atoms with Gasteiger partial charge in [0.1, 0.15) is 22.9 Å². The number of alkyl carbamates (subject to hydrolysis) is 1. The summed E-state index contributed by atoms with van der Waals surface area (Å²) in [6, 6.07) is 15.4. The van der Waals surface area contributed by atoms with Gasteiger partial charge in [-0.15, -0.1) is 11.3 Å². The number of anilines is 1. The number of benzene rings is 1. The summed E-state index contributed by atoms with van der Waals surface area (Å²) in [6.07, 6.45) is 3.46. The van der Waals surface area contributed by atoms with Crippen molar-refractivity contribution < 1.29 is 19.1 Å². The smallest absolute Gasteiger partial charge is 0.407 e. The highest BCUT2D eigenvalue weighted by atomic mass is 32.1. The third-order valence-electron chi connectivity index (χ3n) is 5.89. The van der Waals surface area contributed by atoms with E-state index < -0.39 is 6.09 Å². The Hall–Kier alpha value is -3.90. The number of nitriles is 1. The van der Waals surface area contributed by atoms with Gasteiger partial charge in [0.15, 0.2) is 0 Å². The molecule has 0 saturated carbocycles. The quantitative estimate of drug-likeness (QED) is 0.434. The van der Waals surface area contributed by atoms with Gasteiger partial charge >= 0.3 is 6.09 Å². The van der Waals surface area contributed by atoms with E-state index in [4.69, 9.17) is 9.47 Å². The fourth-order valence-corrected chi connectivity index (χ4v) is 5.44. The zero-order chi connectivity index (χ0) is 25.3. The Kier molecular flexibility index (Phi) is 8.53. The molecule has 4 rings (SSSR count). The third kappa shape index (κ3) is 6.40. The number of ether oxygens (including phenoxy) is 2. The van der Waals surface area contributed by atoms with Gasteiger partial charge in [-0.05, 0) is 55.5 Å². The maximum absolute atomic E-state index is 12.7. The standard InChI is InChI=1S/C27H28N4O4S/c1-2-34-23-9-4-3-7-18(23)10-13-25(32)31-26-22(16-28)21-12-11-20(15-24(21)36-26)35-27(33)30-17-19-8-5-6-14-29-19/h3-9,14,20H,2,10-13,15,17H2,1H3,(H,30,33)(H,31,32). The van der Waals surface area contributed by atoms with E-state index in [2.05, 4.69) is 21.7 Å². The maximum atomic E-state index is 12.7. The Morgan fingerprint density at radius 3 is 2.83 bits per heavy atom. The van der Waals surface area contributed by atoms with Crippen molar-refractivity contribution >= 4 is 28.3 Å². The fraction of sp³-hybridized carbons (Fsp3) is 0.333. The van der Waals surface area contributed by atoms with Gasteiger partial charge in [-0.1, -0.05) is 24.3 Å². The lowest BCUT2D eigenvalue weighted by molar-refractivity contribution is -0.116. The first kappa shape index (κ1) is 25.2. The van der Waals surface area contributed by atoms with Gasteiger partial charge < -0.3 is 20.1 Å². The average molecular weight is 505 g/mol. The number of nitrogens with one attached hydrogen (secondary N) is 2. The lowest BCUT2D eigenvalue weighted by Gasteiger charge is -2.22. The molecule has 0 saturated heterocycles. The van der Waals surface area contributed by atoms with Crippen molar-refractivity contribution in [3.8, 4) is 11.8 Å². The SMILES string of the molecule is CCOc1ccccc1CCC(=O)Nc1sc2c(c1C#N)CCC(OC(=O)NCc1ccccn1)C2. The summed E-state index contributed by atoms with van der Waals surface area (Å²) in [5, 5.41) is 16.0. The molecular weight excluding hydrogens is 476 g/mol. The van der Waals surface area contributed by atoms with E-state index in [1.807, 2.05) is 49.4 Å². The Balaban J connectivity index is 1.33. The molecular formula is C27H28N4O4S. The predicted octanol–water partition coefficient (Wildman–Crippen LogP) is 4.77. The second-order valence-corrected chi connectivity index (χ2v) is 9.46. The van der Waals surface area contributed by atoms with E-state index in [0.29, 0.717) is 49.4 Å². The molecule has 2 amide bonds. The number of fused-ring (bicyclic) bond motifs is 1. The minimum atomic E-state index is -0.493. The van der Waals surface area contributed by atoms with Gasteiger partial charge in [-0.3, -0.25) is 9.78 Å². The number of carbonyl (C=O) groups excluding carboxylic acids is 2. The highest BCUT2D eigenvalue weighted by Gasteiger charge is 2.28. The number of hydrogen-bond acceptors (Lipinski definition) is 7. The third-order valence-corrected chi connectivity index (χ3v) is 7.06. The van der Waals surface area contributed by atoms with Crippen LogP contribution in [0.1, 0.15) is 47.0 Å². The first-order chi connectivity index (χ1) is 17.6. The number of pyridine rings is 1. The van der Waals surface area contributed by atoms with E-state index in [0.717, 1.165) is 27.4 Å². The van der Waals surface area contributed by atoms with Gasteiger partial charge in [-0.25, -0.2) is 4.79 Å². The summed E-state index contributed by atoms with van der Waals surface area (Å²) in [6.45, 7) is 2.78. The van der Waals surface area contributed by atoms with Crippen LogP contribution in [-0.2, 0) is 35.3 Å². The largest absolute Gasteiger partial charge is 0.494 e. The summed E-state index contributed by atoms with van der Waals surface area (Å²) in [5.74, 6) is 0.630. The summed E-state index contributed by atoms with van der Waals surface area (Å²) >= 11 is 1.39. The number of carbonyl (C=O) groups is 2. The number of nitrogens with zero attached hydrogens (tertiary/aromatic N) is 2. The average Bonchev–Trinajstić information content (AvgIpc) is 3.23. The number of rotatable bonds is 9. The van der Waals surface area contributed by atoms with E-state index in [9.17, 15) is 14.9 Å². The molecule has 186 valence electrons. The fourth-order valence-electron chi connectivity index (χ4n) is 4.17. The molecule has 36 heavy (non-hydrogen) atoms. The van der Waals surface area contributed by atoms with Gasteiger partial charge in [0.25, 0.3) is 0 Å². The molecule has 0 fully saturated rings. The van der Waals surface area contributed by atoms with E-state index in [-0.39, 0.29) is 18.4 Å². The Morgan fingerprint density at radius 2 is 2.06 bits per heavy atom. The number of aryl methyl sites for hydroxylation is 1. The molecule has 1 unspecified atom stereocenters. The highest BCUT2D eigenvalue weighted by Crippen LogP contribution is 2.38. The highest BCUT2D eigenvalue weighted by molar-refractivity contribution is 7.16. The van der Waals surface area contributed by atoms with Crippen LogP contribution in [0.25, 0.3) is 0 Å². The van der Waals surface area contributed by atoms with Gasteiger partial charge in [0.2, 0.25) is 5.91 Å². The van der Waals surface area contributed by atoms with Crippen LogP contribution < -0.4 is 15.4 Å². The summed E-state index contributed by atoms with van der Waals surface area (Å²) in [7, 11) is 0. The Bertz CT molecular complexity index is 1250. The zero-order valence-electron chi connectivity index (χ0n) is 20.1. The minimum absolute atomic E-state index is 0.155. The zero-order valence-corrected chi connectivity index (χ0v) is 20.9. The van der Waals surface area contributed by atoms with Crippen molar-refractivity contribution in [1.82, 2.24) is 10.3 Å². The molecule has 0 spiro atoms. The van der Waals surface area contributed by atoms with Crippen molar-refractivity contribution in [2.45, 2.75) is 51.7 Å². The molecule has 2 heterocycles. The number of aromatic nitrogens is 1. The topological polar surface area (TPSA) is 113 Å². The number of thiophene rings is 1. The molecule has 2 aromatic heterocycles. The predicted molar refractivity (Wildman–Crippen MR) is 137 cm³/mol.